The number of amides is 4. The molecule has 3 heterocycles. The molecule has 8 nitrogen and oxygen atoms in total. The molecular formula is C26H38N4O4. The highest BCUT2D eigenvalue weighted by Crippen LogP contribution is 2.37. The van der Waals surface area contributed by atoms with Crippen molar-refractivity contribution in [3.63, 3.8) is 0 Å². The summed E-state index contributed by atoms with van der Waals surface area (Å²) in [6, 6.07) is 9.50. The molecule has 4 rings (SSSR count). The lowest BCUT2D eigenvalue weighted by molar-refractivity contribution is -0.137. The lowest BCUT2D eigenvalue weighted by Gasteiger charge is -2.41. The molecule has 1 aromatic carbocycles. The van der Waals surface area contributed by atoms with Crippen LogP contribution >= 0.6 is 0 Å². The first-order chi connectivity index (χ1) is 16.4. The molecule has 3 saturated heterocycles. The maximum Gasteiger partial charge on any atom is 0.325 e. The Labute approximate surface area is 202 Å². The second kappa shape index (κ2) is 10.8. The minimum Gasteiger partial charge on any atom is -0.484 e. The number of urea groups is 1. The predicted molar refractivity (Wildman–Crippen MR) is 129 cm³/mol. The molecule has 3 aliphatic rings. The summed E-state index contributed by atoms with van der Waals surface area (Å²) in [5.74, 6) is 0.589. The highest BCUT2D eigenvalue weighted by atomic mass is 16.5. The van der Waals surface area contributed by atoms with E-state index in [1.54, 1.807) is 0 Å². The molecule has 8 heteroatoms. The van der Waals surface area contributed by atoms with E-state index in [-0.39, 0.29) is 30.4 Å². The van der Waals surface area contributed by atoms with Gasteiger partial charge in [-0.1, -0.05) is 31.5 Å². The zero-order valence-electron chi connectivity index (χ0n) is 20.5. The Morgan fingerprint density at radius 3 is 2.50 bits per heavy atom. The van der Waals surface area contributed by atoms with Crippen molar-refractivity contribution in [3.05, 3.63) is 30.3 Å². The molecule has 1 N–H and O–H groups in total. The number of rotatable bonds is 9. The van der Waals surface area contributed by atoms with Crippen molar-refractivity contribution in [1.82, 2.24) is 20.0 Å². The zero-order valence-corrected chi connectivity index (χ0v) is 20.5. The number of carbonyl (C=O) groups excluding carboxylic acids is 3. The van der Waals surface area contributed by atoms with Gasteiger partial charge in [-0.15, -0.1) is 0 Å². The van der Waals surface area contributed by atoms with E-state index in [0.29, 0.717) is 50.7 Å². The molecule has 186 valence electrons. The topological polar surface area (TPSA) is 82.2 Å². The van der Waals surface area contributed by atoms with E-state index < -0.39 is 5.54 Å². The first-order valence-electron chi connectivity index (χ1n) is 12.7. The van der Waals surface area contributed by atoms with Crippen molar-refractivity contribution in [1.29, 1.82) is 0 Å². The third-order valence-electron chi connectivity index (χ3n) is 7.85. The van der Waals surface area contributed by atoms with Gasteiger partial charge in [0.1, 0.15) is 11.3 Å². The Hall–Kier alpha value is -2.61. The number of likely N-dealkylation sites (tertiary alicyclic amines) is 2. The normalized spacial score (nSPS) is 26.2. The van der Waals surface area contributed by atoms with Crippen LogP contribution in [0.2, 0.25) is 0 Å². The first kappa shape index (κ1) is 24.5. The van der Waals surface area contributed by atoms with Gasteiger partial charge in [0.05, 0.1) is 0 Å². The fraction of sp³-hybridized carbons (Fsp3) is 0.654. The summed E-state index contributed by atoms with van der Waals surface area (Å²) in [5.41, 5.74) is -0.844. The molecule has 0 aliphatic carbocycles. The maximum atomic E-state index is 13.6. The van der Waals surface area contributed by atoms with Crippen molar-refractivity contribution in [2.75, 3.05) is 39.8 Å². The number of hydrogen-bond acceptors (Lipinski definition) is 5. The third kappa shape index (κ3) is 5.06. The molecule has 34 heavy (non-hydrogen) atoms. The van der Waals surface area contributed by atoms with E-state index in [1.165, 1.54) is 11.3 Å². The predicted octanol–water partition coefficient (Wildman–Crippen LogP) is 2.88. The number of imide groups is 1. The van der Waals surface area contributed by atoms with Crippen LogP contribution in [0.3, 0.4) is 0 Å². The third-order valence-corrected chi connectivity index (χ3v) is 7.85. The standard InChI is InChI=1S/C26H38N4O4/c1-3-14-26(24(32)30(25(33)27-26)18-13-21-8-7-15-28(21)2)20-11-16-29(17-12-20)23(31)19-34-22-9-5-4-6-10-22/h4-6,9-10,20-21H,3,7-8,11-19H2,1-2H3,(H,27,33)/t21-,26-/m0/s1. The summed E-state index contributed by atoms with van der Waals surface area (Å²) >= 11 is 0. The van der Waals surface area contributed by atoms with E-state index in [2.05, 4.69) is 24.2 Å². The van der Waals surface area contributed by atoms with Gasteiger partial charge in [0.15, 0.2) is 6.61 Å². The summed E-state index contributed by atoms with van der Waals surface area (Å²) in [6.07, 6.45) is 5.97. The summed E-state index contributed by atoms with van der Waals surface area (Å²) in [7, 11) is 2.12. The molecule has 0 unspecified atom stereocenters. The van der Waals surface area contributed by atoms with Crippen LogP contribution < -0.4 is 10.1 Å². The van der Waals surface area contributed by atoms with Crippen LogP contribution in [0.15, 0.2) is 30.3 Å². The average Bonchev–Trinajstić information content (AvgIpc) is 3.37. The van der Waals surface area contributed by atoms with Crippen LogP contribution in [0.25, 0.3) is 0 Å². The molecular weight excluding hydrogens is 432 g/mol. The molecule has 2 atom stereocenters. The monoisotopic (exact) mass is 470 g/mol. The molecule has 0 spiro atoms. The smallest absolute Gasteiger partial charge is 0.325 e. The number of nitrogens with zero attached hydrogens (tertiary/aromatic N) is 3. The number of ether oxygens (including phenoxy) is 1. The molecule has 0 bridgehead atoms. The number of piperidine rings is 1. The number of carbonyl (C=O) groups is 3. The largest absolute Gasteiger partial charge is 0.484 e. The second-order valence-electron chi connectivity index (χ2n) is 9.93. The van der Waals surface area contributed by atoms with Crippen molar-refractivity contribution in [2.45, 2.75) is 63.5 Å². The van der Waals surface area contributed by atoms with Crippen LogP contribution in [0.4, 0.5) is 4.79 Å². The highest BCUT2D eigenvalue weighted by molar-refractivity contribution is 6.07. The lowest BCUT2D eigenvalue weighted by Crippen LogP contribution is -2.56. The highest BCUT2D eigenvalue weighted by Gasteiger charge is 2.55. The molecule has 4 amide bonds. The van der Waals surface area contributed by atoms with Crippen molar-refractivity contribution < 1.29 is 19.1 Å². The van der Waals surface area contributed by atoms with E-state index in [9.17, 15) is 14.4 Å². The van der Waals surface area contributed by atoms with Gasteiger partial charge in [0, 0.05) is 25.7 Å². The van der Waals surface area contributed by atoms with Crippen LogP contribution in [-0.4, -0.2) is 84.0 Å². The van der Waals surface area contributed by atoms with Gasteiger partial charge in [-0.25, -0.2) is 4.79 Å². The summed E-state index contributed by atoms with van der Waals surface area (Å²) in [6.45, 7) is 4.76. The number of para-hydroxylation sites is 1. The minimum atomic E-state index is -0.844. The number of hydrogen-bond donors (Lipinski definition) is 1. The van der Waals surface area contributed by atoms with E-state index in [1.807, 2.05) is 35.2 Å². The Morgan fingerprint density at radius 1 is 1.12 bits per heavy atom. The maximum absolute atomic E-state index is 13.6. The quantitative estimate of drug-likeness (QED) is 0.561. The fourth-order valence-electron chi connectivity index (χ4n) is 5.89. The minimum absolute atomic E-state index is 0.00778. The number of benzene rings is 1. The van der Waals surface area contributed by atoms with E-state index in [4.69, 9.17) is 4.74 Å². The van der Waals surface area contributed by atoms with Crippen LogP contribution in [0.5, 0.6) is 5.75 Å². The van der Waals surface area contributed by atoms with Gasteiger partial charge in [0.2, 0.25) is 0 Å². The second-order valence-corrected chi connectivity index (χ2v) is 9.93. The molecule has 0 saturated carbocycles. The average molecular weight is 471 g/mol. The zero-order chi connectivity index (χ0) is 24.1. The number of nitrogens with one attached hydrogen (secondary N) is 1. The van der Waals surface area contributed by atoms with Crippen molar-refractivity contribution in [2.24, 2.45) is 5.92 Å². The van der Waals surface area contributed by atoms with Gasteiger partial charge in [-0.05, 0) is 70.2 Å². The van der Waals surface area contributed by atoms with Crippen LogP contribution in [0.1, 0.15) is 51.9 Å². The Kier molecular flexibility index (Phi) is 7.76. The Bertz CT molecular complexity index is 871. The van der Waals surface area contributed by atoms with Gasteiger partial charge in [-0.3, -0.25) is 14.5 Å². The van der Waals surface area contributed by atoms with Crippen LogP contribution in [0, 0.1) is 5.92 Å². The van der Waals surface area contributed by atoms with E-state index >= 15 is 0 Å². The van der Waals surface area contributed by atoms with Crippen molar-refractivity contribution >= 4 is 17.8 Å². The molecule has 0 radical (unpaired) electrons. The van der Waals surface area contributed by atoms with E-state index in [0.717, 1.165) is 25.8 Å². The van der Waals surface area contributed by atoms with Crippen molar-refractivity contribution in [3.8, 4) is 5.75 Å². The SMILES string of the molecule is CCC[C@@]1(C2CCN(C(=O)COc3ccccc3)CC2)NC(=O)N(CC[C@@H]2CCCN2C)C1=O. The molecule has 3 aliphatic heterocycles. The molecule has 3 fully saturated rings. The summed E-state index contributed by atoms with van der Waals surface area (Å²) in [4.78, 5) is 44.8. The lowest BCUT2D eigenvalue weighted by atomic mass is 9.74. The summed E-state index contributed by atoms with van der Waals surface area (Å²) in [5, 5.41) is 3.11. The molecule has 0 aromatic heterocycles. The summed E-state index contributed by atoms with van der Waals surface area (Å²) < 4.78 is 5.62. The first-order valence-corrected chi connectivity index (χ1v) is 12.7. The molecule has 1 aromatic rings. The Balaban J connectivity index is 1.34. The Morgan fingerprint density at radius 2 is 1.85 bits per heavy atom. The fourth-order valence-corrected chi connectivity index (χ4v) is 5.89. The van der Waals surface area contributed by atoms with Gasteiger partial charge < -0.3 is 19.9 Å². The van der Waals surface area contributed by atoms with Gasteiger partial charge >= 0.3 is 6.03 Å². The van der Waals surface area contributed by atoms with Gasteiger partial charge in [-0.2, -0.15) is 0 Å². The van der Waals surface area contributed by atoms with Crippen LogP contribution in [-0.2, 0) is 9.59 Å². The van der Waals surface area contributed by atoms with Gasteiger partial charge in [0.25, 0.3) is 11.8 Å².